The first-order chi connectivity index (χ1) is 4.86. The molecule has 0 amide bonds. The molecule has 2 aliphatic rings. The zero-order valence-electron chi connectivity index (χ0n) is 6.30. The zero-order chi connectivity index (χ0) is 6.97. The Hall–Kier alpha value is -0.570. The van der Waals surface area contributed by atoms with Gasteiger partial charge >= 0.3 is 0 Å². The molecule has 56 valence electrons. The van der Waals surface area contributed by atoms with Gasteiger partial charge in [-0.25, -0.2) is 0 Å². The van der Waals surface area contributed by atoms with Crippen molar-refractivity contribution in [2.75, 3.05) is 26.2 Å². The first-order valence-corrected chi connectivity index (χ1v) is 3.88. The molecule has 1 unspecified atom stereocenters. The van der Waals surface area contributed by atoms with Crippen molar-refractivity contribution in [2.24, 2.45) is 4.99 Å². The van der Waals surface area contributed by atoms with Gasteiger partial charge in [-0.1, -0.05) is 0 Å². The summed E-state index contributed by atoms with van der Waals surface area (Å²) in [4.78, 5) is 6.87. The number of nitrogens with one attached hydrogen (secondary N) is 1. The molecule has 0 saturated carbocycles. The Balaban J connectivity index is 2.10. The van der Waals surface area contributed by atoms with Crippen LogP contribution in [0.15, 0.2) is 4.99 Å². The maximum absolute atomic E-state index is 4.49. The number of nitrogens with zero attached hydrogens (tertiary/aromatic N) is 2. The highest BCUT2D eigenvalue weighted by atomic mass is 15.3. The molecular weight excluding hydrogens is 126 g/mol. The molecule has 0 spiro atoms. The molecule has 3 nitrogen and oxygen atoms in total. The smallest absolute Gasteiger partial charge is 0.113 e. The van der Waals surface area contributed by atoms with Gasteiger partial charge in [-0.3, -0.25) is 4.99 Å². The number of aliphatic imine (C=N–C) groups is 1. The van der Waals surface area contributed by atoms with E-state index in [9.17, 15) is 0 Å². The second-order valence-corrected chi connectivity index (χ2v) is 3.02. The standard InChI is InChI=1S/C7H13N3/c1-6-5-10-3-2-8-4-7(10)9-6/h6,8H,2-5H2,1H3. The molecule has 2 rings (SSSR count). The molecule has 0 aromatic rings. The van der Waals surface area contributed by atoms with E-state index in [2.05, 4.69) is 22.1 Å². The van der Waals surface area contributed by atoms with Crippen LogP contribution in [0, 0.1) is 0 Å². The predicted molar refractivity (Wildman–Crippen MR) is 41.3 cm³/mol. The van der Waals surface area contributed by atoms with Crippen LogP contribution in [0.2, 0.25) is 0 Å². The van der Waals surface area contributed by atoms with Crippen molar-refractivity contribution in [2.45, 2.75) is 13.0 Å². The summed E-state index contributed by atoms with van der Waals surface area (Å²) < 4.78 is 0. The van der Waals surface area contributed by atoms with Gasteiger partial charge in [0.25, 0.3) is 0 Å². The summed E-state index contributed by atoms with van der Waals surface area (Å²) in [5, 5.41) is 3.30. The summed E-state index contributed by atoms with van der Waals surface area (Å²) in [6.07, 6.45) is 0. The lowest BCUT2D eigenvalue weighted by Crippen LogP contribution is -2.46. The number of rotatable bonds is 0. The molecule has 1 N–H and O–H groups in total. The van der Waals surface area contributed by atoms with Crippen LogP contribution in [0.25, 0.3) is 0 Å². The minimum atomic E-state index is 0.523. The highest BCUT2D eigenvalue weighted by Gasteiger charge is 2.23. The molecule has 1 saturated heterocycles. The average Bonchev–Trinajstić information content (AvgIpc) is 2.27. The van der Waals surface area contributed by atoms with Gasteiger partial charge in [-0.2, -0.15) is 0 Å². The third kappa shape index (κ3) is 0.904. The molecule has 0 bridgehead atoms. The Bertz CT molecular complexity index is 164. The number of fused-ring (bicyclic) bond motifs is 1. The van der Waals surface area contributed by atoms with Crippen LogP contribution >= 0.6 is 0 Å². The SMILES string of the molecule is CC1CN2CCNCC2=N1. The molecule has 0 aromatic carbocycles. The van der Waals surface area contributed by atoms with Gasteiger partial charge in [0.2, 0.25) is 0 Å². The second-order valence-electron chi connectivity index (χ2n) is 3.02. The van der Waals surface area contributed by atoms with Gasteiger partial charge in [-0.05, 0) is 6.92 Å². The van der Waals surface area contributed by atoms with Crippen LogP contribution in [0.5, 0.6) is 0 Å². The normalized spacial score (nSPS) is 31.9. The van der Waals surface area contributed by atoms with Crippen molar-refractivity contribution in [3.8, 4) is 0 Å². The molecule has 2 aliphatic heterocycles. The first kappa shape index (κ1) is 6.16. The Morgan fingerprint density at radius 2 is 2.60 bits per heavy atom. The van der Waals surface area contributed by atoms with E-state index in [1.165, 1.54) is 5.84 Å². The predicted octanol–water partition coefficient (Wildman–Crippen LogP) is -0.308. The lowest BCUT2D eigenvalue weighted by molar-refractivity contribution is 0.397. The van der Waals surface area contributed by atoms with Gasteiger partial charge in [0.1, 0.15) is 5.84 Å². The van der Waals surface area contributed by atoms with E-state index >= 15 is 0 Å². The summed E-state index contributed by atoms with van der Waals surface area (Å²) in [7, 11) is 0. The first-order valence-electron chi connectivity index (χ1n) is 3.88. The van der Waals surface area contributed by atoms with Crippen LogP contribution in [0.1, 0.15) is 6.92 Å². The Kier molecular flexibility index (Phi) is 1.38. The lowest BCUT2D eigenvalue weighted by atomic mass is 10.3. The number of piperazine rings is 1. The van der Waals surface area contributed by atoms with Gasteiger partial charge in [-0.15, -0.1) is 0 Å². The van der Waals surface area contributed by atoms with Crippen molar-refractivity contribution in [1.82, 2.24) is 10.2 Å². The van der Waals surface area contributed by atoms with Crippen LogP contribution < -0.4 is 5.32 Å². The molecule has 1 atom stereocenters. The third-order valence-electron chi connectivity index (χ3n) is 2.06. The molecule has 0 aliphatic carbocycles. The van der Waals surface area contributed by atoms with E-state index in [4.69, 9.17) is 0 Å². The summed E-state index contributed by atoms with van der Waals surface area (Å²) in [6, 6.07) is 0.523. The van der Waals surface area contributed by atoms with Gasteiger partial charge in [0, 0.05) is 19.6 Å². The van der Waals surface area contributed by atoms with Crippen molar-refractivity contribution in [3.63, 3.8) is 0 Å². The summed E-state index contributed by atoms with van der Waals surface area (Å²) in [5.41, 5.74) is 0. The van der Waals surface area contributed by atoms with Crippen molar-refractivity contribution in [3.05, 3.63) is 0 Å². The topological polar surface area (TPSA) is 27.6 Å². The minimum Gasteiger partial charge on any atom is -0.356 e. The van der Waals surface area contributed by atoms with E-state index in [0.717, 1.165) is 26.2 Å². The second kappa shape index (κ2) is 2.23. The number of hydrogen-bond donors (Lipinski definition) is 1. The Morgan fingerprint density at radius 3 is 3.40 bits per heavy atom. The zero-order valence-corrected chi connectivity index (χ0v) is 6.30. The van der Waals surface area contributed by atoms with Gasteiger partial charge in [0.05, 0.1) is 12.6 Å². The summed E-state index contributed by atoms with van der Waals surface area (Å²) >= 11 is 0. The van der Waals surface area contributed by atoms with E-state index in [-0.39, 0.29) is 0 Å². The maximum atomic E-state index is 4.49. The van der Waals surface area contributed by atoms with Crippen molar-refractivity contribution < 1.29 is 0 Å². The van der Waals surface area contributed by atoms with Crippen LogP contribution in [-0.4, -0.2) is 43.0 Å². The summed E-state index contributed by atoms with van der Waals surface area (Å²) in [6.45, 7) is 6.54. The van der Waals surface area contributed by atoms with Gasteiger partial charge < -0.3 is 10.2 Å². The molecule has 2 heterocycles. The van der Waals surface area contributed by atoms with Gasteiger partial charge in [0.15, 0.2) is 0 Å². The minimum absolute atomic E-state index is 0.523. The number of amidine groups is 1. The van der Waals surface area contributed by atoms with Crippen LogP contribution in [0.4, 0.5) is 0 Å². The summed E-state index contributed by atoms with van der Waals surface area (Å²) in [5.74, 6) is 1.26. The molecule has 3 heteroatoms. The Labute approximate surface area is 61.1 Å². The van der Waals surface area contributed by atoms with Crippen LogP contribution in [0.3, 0.4) is 0 Å². The quantitative estimate of drug-likeness (QED) is 0.498. The Morgan fingerprint density at radius 1 is 1.70 bits per heavy atom. The lowest BCUT2D eigenvalue weighted by Gasteiger charge is -2.25. The maximum Gasteiger partial charge on any atom is 0.113 e. The van der Waals surface area contributed by atoms with E-state index in [1.54, 1.807) is 0 Å². The highest BCUT2D eigenvalue weighted by Crippen LogP contribution is 2.09. The molecule has 1 fully saturated rings. The fourth-order valence-corrected chi connectivity index (χ4v) is 1.59. The van der Waals surface area contributed by atoms with E-state index in [0.29, 0.717) is 6.04 Å². The van der Waals surface area contributed by atoms with Crippen molar-refractivity contribution >= 4 is 5.84 Å². The van der Waals surface area contributed by atoms with Crippen molar-refractivity contribution in [1.29, 1.82) is 0 Å². The fourth-order valence-electron chi connectivity index (χ4n) is 1.59. The average molecular weight is 139 g/mol. The highest BCUT2D eigenvalue weighted by molar-refractivity contribution is 5.86. The molecule has 10 heavy (non-hydrogen) atoms. The third-order valence-corrected chi connectivity index (χ3v) is 2.06. The number of hydrogen-bond acceptors (Lipinski definition) is 3. The molecule has 0 radical (unpaired) electrons. The molecular formula is C7H13N3. The van der Waals surface area contributed by atoms with Crippen LogP contribution in [-0.2, 0) is 0 Å². The monoisotopic (exact) mass is 139 g/mol. The largest absolute Gasteiger partial charge is 0.356 e. The van der Waals surface area contributed by atoms with E-state index < -0.39 is 0 Å². The fraction of sp³-hybridized carbons (Fsp3) is 0.857. The molecule has 0 aromatic heterocycles. The van der Waals surface area contributed by atoms with E-state index in [1.807, 2.05) is 0 Å².